The second-order valence-corrected chi connectivity index (χ2v) is 7.35. The number of nitrogens with one attached hydrogen (secondary N) is 1. The molecule has 116 valence electrons. The summed E-state index contributed by atoms with van der Waals surface area (Å²) < 4.78 is 1.20. The van der Waals surface area contributed by atoms with Gasteiger partial charge in [0.2, 0.25) is 0 Å². The monoisotopic (exact) mass is 352 g/mol. The van der Waals surface area contributed by atoms with Crippen LogP contribution in [0.1, 0.15) is 38.2 Å². The minimum atomic E-state index is -0.172. The fraction of sp³-hybridized carbons (Fsp3) is 0.647. The summed E-state index contributed by atoms with van der Waals surface area (Å²) in [5.41, 5.74) is 2.63. The van der Waals surface area contributed by atoms with E-state index in [1.165, 1.54) is 28.6 Å². The molecule has 0 aromatic heterocycles. The first kappa shape index (κ1) is 15.3. The molecule has 3 rings (SSSR count). The second kappa shape index (κ2) is 6.67. The standard InChI is InChI=1S/C17H25BrN2O/c1-12(21)13-6-8-20(9-7-13)16-5-2-14(17(18)10-16)11-19-15-3-4-15/h2,5,10,12-13,15,19,21H,3-4,6-9,11H2,1H3. The van der Waals surface area contributed by atoms with Crippen LogP contribution in [0.3, 0.4) is 0 Å². The summed E-state index contributed by atoms with van der Waals surface area (Å²) in [7, 11) is 0. The Morgan fingerprint density at radius 3 is 2.57 bits per heavy atom. The topological polar surface area (TPSA) is 35.5 Å². The number of benzene rings is 1. The smallest absolute Gasteiger partial charge is 0.0541 e. The highest BCUT2D eigenvalue weighted by molar-refractivity contribution is 9.10. The molecule has 1 aliphatic heterocycles. The van der Waals surface area contributed by atoms with Crippen LogP contribution >= 0.6 is 15.9 Å². The SMILES string of the molecule is CC(O)C1CCN(c2ccc(CNC3CC3)c(Br)c2)CC1. The number of rotatable bonds is 5. The van der Waals surface area contributed by atoms with Crippen molar-refractivity contribution in [3.8, 4) is 0 Å². The first-order valence-electron chi connectivity index (χ1n) is 8.08. The molecular formula is C17H25BrN2O. The highest BCUT2D eigenvalue weighted by Crippen LogP contribution is 2.29. The van der Waals surface area contributed by atoms with E-state index in [-0.39, 0.29) is 6.10 Å². The summed E-state index contributed by atoms with van der Waals surface area (Å²) in [5, 5.41) is 13.3. The average Bonchev–Trinajstić information content (AvgIpc) is 3.30. The van der Waals surface area contributed by atoms with E-state index in [1.807, 2.05) is 6.92 Å². The third-order valence-corrected chi connectivity index (χ3v) is 5.52. The predicted molar refractivity (Wildman–Crippen MR) is 90.6 cm³/mol. The Labute approximate surface area is 135 Å². The van der Waals surface area contributed by atoms with Crippen molar-refractivity contribution in [2.24, 2.45) is 5.92 Å². The molecule has 1 saturated carbocycles. The Kier molecular flexibility index (Phi) is 4.87. The maximum absolute atomic E-state index is 9.69. The van der Waals surface area contributed by atoms with Crippen LogP contribution in [-0.4, -0.2) is 30.3 Å². The molecule has 1 aliphatic carbocycles. The van der Waals surface area contributed by atoms with Gasteiger partial charge in [0.25, 0.3) is 0 Å². The van der Waals surface area contributed by atoms with Gasteiger partial charge >= 0.3 is 0 Å². The molecular weight excluding hydrogens is 328 g/mol. The van der Waals surface area contributed by atoms with Crippen molar-refractivity contribution in [1.82, 2.24) is 5.32 Å². The van der Waals surface area contributed by atoms with Crippen LogP contribution < -0.4 is 10.2 Å². The molecule has 0 bridgehead atoms. The fourth-order valence-electron chi connectivity index (χ4n) is 3.06. The van der Waals surface area contributed by atoms with Crippen LogP contribution in [-0.2, 0) is 6.54 Å². The highest BCUT2D eigenvalue weighted by Gasteiger charge is 2.23. The molecule has 1 atom stereocenters. The van der Waals surface area contributed by atoms with E-state index in [1.54, 1.807) is 0 Å². The van der Waals surface area contributed by atoms with Gasteiger partial charge in [-0.1, -0.05) is 22.0 Å². The zero-order chi connectivity index (χ0) is 14.8. The molecule has 1 heterocycles. The third kappa shape index (κ3) is 3.99. The lowest BCUT2D eigenvalue weighted by Crippen LogP contribution is -2.37. The molecule has 21 heavy (non-hydrogen) atoms. The summed E-state index contributed by atoms with van der Waals surface area (Å²) in [4.78, 5) is 2.43. The van der Waals surface area contributed by atoms with Crippen LogP contribution in [0.15, 0.2) is 22.7 Å². The number of halogens is 1. The molecule has 2 aliphatic rings. The van der Waals surface area contributed by atoms with Gasteiger partial charge in [0.15, 0.2) is 0 Å². The van der Waals surface area contributed by atoms with Crippen molar-refractivity contribution in [2.75, 3.05) is 18.0 Å². The van der Waals surface area contributed by atoms with Crippen molar-refractivity contribution in [1.29, 1.82) is 0 Å². The number of hydrogen-bond acceptors (Lipinski definition) is 3. The van der Waals surface area contributed by atoms with Crippen LogP contribution in [0.4, 0.5) is 5.69 Å². The number of aliphatic hydroxyl groups is 1. The molecule has 1 aromatic carbocycles. The van der Waals surface area contributed by atoms with Gasteiger partial charge in [-0.05, 0) is 56.2 Å². The van der Waals surface area contributed by atoms with Crippen molar-refractivity contribution in [2.45, 2.75) is 51.3 Å². The summed E-state index contributed by atoms with van der Waals surface area (Å²) >= 11 is 3.71. The Hall–Kier alpha value is -0.580. The molecule has 1 unspecified atom stereocenters. The van der Waals surface area contributed by atoms with E-state index in [0.717, 1.165) is 38.5 Å². The zero-order valence-electron chi connectivity index (χ0n) is 12.7. The normalized spacial score (nSPS) is 21.6. The van der Waals surface area contributed by atoms with Gasteiger partial charge in [-0.3, -0.25) is 0 Å². The van der Waals surface area contributed by atoms with E-state index < -0.39 is 0 Å². The van der Waals surface area contributed by atoms with Crippen molar-refractivity contribution < 1.29 is 5.11 Å². The third-order valence-electron chi connectivity index (χ3n) is 4.78. The van der Waals surface area contributed by atoms with Gasteiger partial charge in [-0.15, -0.1) is 0 Å². The minimum absolute atomic E-state index is 0.172. The molecule has 0 radical (unpaired) electrons. The summed E-state index contributed by atoms with van der Waals surface area (Å²) in [6.07, 6.45) is 4.65. The predicted octanol–water partition coefficient (Wildman–Crippen LogP) is 3.30. The Morgan fingerprint density at radius 2 is 2.00 bits per heavy atom. The molecule has 0 amide bonds. The molecule has 1 aromatic rings. The minimum Gasteiger partial charge on any atom is -0.393 e. The molecule has 0 spiro atoms. The average molecular weight is 353 g/mol. The summed E-state index contributed by atoms with van der Waals surface area (Å²) in [6.45, 7) is 4.96. The summed E-state index contributed by atoms with van der Waals surface area (Å²) in [5.74, 6) is 0.465. The molecule has 2 fully saturated rings. The van der Waals surface area contributed by atoms with E-state index in [0.29, 0.717) is 5.92 Å². The van der Waals surface area contributed by atoms with E-state index >= 15 is 0 Å². The first-order chi connectivity index (χ1) is 10.1. The van der Waals surface area contributed by atoms with Crippen LogP contribution in [0.25, 0.3) is 0 Å². The van der Waals surface area contributed by atoms with Crippen LogP contribution in [0.2, 0.25) is 0 Å². The van der Waals surface area contributed by atoms with E-state index in [4.69, 9.17) is 0 Å². The van der Waals surface area contributed by atoms with E-state index in [2.05, 4.69) is 44.3 Å². The number of nitrogens with zero attached hydrogens (tertiary/aromatic N) is 1. The van der Waals surface area contributed by atoms with Crippen molar-refractivity contribution >= 4 is 21.6 Å². The maximum atomic E-state index is 9.69. The highest BCUT2D eigenvalue weighted by atomic mass is 79.9. The molecule has 1 saturated heterocycles. The molecule has 3 nitrogen and oxygen atoms in total. The number of piperidine rings is 1. The lowest BCUT2D eigenvalue weighted by Gasteiger charge is -2.35. The lowest BCUT2D eigenvalue weighted by atomic mass is 9.92. The zero-order valence-corrected chi connectivity index (χ0v) is 14.3. The molecule has 2 N–H and O–H groups in total. The Balaban J connectivity index is 1.59. The van der Waals surface area contributed by atoms with Gasteiger partial charge in [0.05, 0.1) is 6.10 Å². The lowest BCUT2D eigenvalue weighted by molar-refractivity contribution is 0.110. The number of hydrogen-bond donors (Lipinski definition) is 2. The quantitative estimate of drug-likeness (QED) is 0.853. The van der Waals surface area contributed by atoms with E-state index in [9.17, 15) is 5.11 Å². The molecule has 4 heteroatoms. The maximum Gasteiger partial charge on any atom is 0.0541 e. The van der Waals surface area contributed by atoms with Gasteiger partial charge in [0.1, 0.15) is 0 Å². The van der Waals surface area contributed by atoms with Gasteiger partial charge in [0, 0.05) is 35.8 Å². The largest absolute Gasteiger partial charge is 0.393 e. The van der Waals surface area contributed by atoms with Gasteiger partial charge in [-0.25, -0.2) is 0 Å². The van der Waals surface area contributed by atoms with Gasteiger partial charge < -0.3 is 15.3 Å². The van der Waals surface area contributed by atoms with Crippen molar-refractivity contribution in [3.05, 3.63) is 28.2 Å². The summed E-state index contributed by atoms with van der Waals surface area (Å²) in [6, 6.07) is 7.45. The number of aliphatic hydroxyl groups excluding tert-OH is 1. The second-order valence-electron chi connectivity index (χ2n) is 6.50. The van der Waals surface area contributed by atoms with Crippen molar-refractivity contribution in [3.63, 3.8) is 0 Å². The van der Waals surface area contributed by atoms with Gasteiger partial charge in [-0.2, -0.15) is 0 Å². The van der Waals surface area contributed by atoms with Crippen LogP contribution in [0.5, 0.6) is 0 Å². The Bertz CT molecular complexity index is 480. The number of anilines is 1. The Morgan fingerprint density at radius 1 is 1.29 bits per heavy atom. The van der Waals surface area contributed by atoms with Crippen LogP contribution in [0, 0.1) is 5.92 Å². The first-order valence-corrected chi connectivity index (χ1v) is 8.87. The fourth-order valence-corrected chi connectivity index (χ4v) is 3.56.